The molecule has 0 amide bonds. The van der Waals surface area contributed by atoms with Crippen molar-refractivity contribution in [2.24, 2.45) is 5.84 Å². The quantitative estimate of drug-likeness (QED) is 0.581. The van der Waals surface area contributed by atoms with Crippen LogP contribution in [0.1, 0.15) is 17.2 Å². The molecule has 3 nitrogen and oxygen atoms in total. The van der Waals surface area contributed by atoms with E-state index in [2.05, 4.69) is 5.43 Å². The molecular weight excluding hydrogens is 193 g/mol. The van der Waals surface area contributed by atoms with Gasteiger partial charge in [0.2, 0.25) is 0 Å². The topological polar surface area (TPSA) is 41.3 Å². The first-order valence-corrected chi connectivity index (χ1v) is 4.91. The molecule has 84 valence electrons. The minimum atomic E-state index is -0.219. The molecule has 1 rings (SSSR count). The lowest BCUT2D eigenvalue weighted by atomic mass is 10.0. The van der Waals surface area contributed by atoms with Crippen LogP contribution in [0, 0.1) is 12.7 Å². The maximum atomic E-state index is 13.2. The maximum Gasteiger partial charge on any atom is 0.123 e. The number of nitrogens with two attached hydrogens (primary N) is 1. The van der Waals surface area contributed by atoms with Gasteiger partial charge in [-0.15, -0.1) is 0 Å². The van der Waals surface area contributed by atoms with Crippen LogP contribution in [0.15, 0.2) is 18.2 Å². The number of likely N-dealkylation sites (N-methyl/N-ethyl adjacent to an activating group) is 1. The highest BCUT2D eigenvalue weighted by Gasteiger charge is 2.11. The lowest BCUT2D eigenvalue weighted by Gasteiger charge is -2.21. The predicted octanol–water partition coefficient (Wildman–Crippen LogP) is 1.20. The van der Waals surface area contributed by atoms with Crippen molar-refractivity contribution in [1.29, 1.82) is 0 Å². The molecule has 0 saturated carbocycles. The van der Waals surface area contributed by atoms with E-state index in [1.165, 1.54) is 12.1 Å². The molecule has 0 radical (unpaired) electrons. The van der Waals surface area contributed by atoms with Gasteiger partial charge in [0.15, 0.2) is 0 Å². The molecule has 0 aliphatic carbocycles. The van der Waals surface area contributed by atoms with Crippen LogP contribution in [0.2, 0.25) is 0 Å². The van der Waals surface area contributed by atoms with Gasteiger partial charge in [-0.2, -0.15) is 0 Å². The summed E-state index contributed by atoms with van der Waals surface area (Å²) in [6.07, 6.45) is 0. The van der Waals surface area contributed by atoms with Crippen LogP contribution in [0.25, 0.3) is 0 Å². The van der Waals surface area contributed by atoms with Crippen molar-refractivity contribution in [3.63, 3.8) is 0 Å². The number of benzene rings is 1. The van der Waals surface area contributed by atoms with E-state index in [-0.39, 0.29) is 11.9 Å². The summed E-state index contributed by atoms with van der Waals surface area (Å²) in [5.41, 5.74) is 4.48. The van der Waals surface area contributed by atoms with Crippen LogP contribution in [-0.4, -0.2) is 25.5 Å². The summed E-state index contributed by atoms with van der Waals surface area (Å²) in [5, 5.41) is 0. The Hall–Kier alpha value is -0.970. The summed E-state index contributed by atoms with van der Waals surface area (Å²) in [4.78, 5) is 2.00. The number of hydrogen-bond acceptors (Lipinski definition) is 3. The Morgan fingerprint density at radius 1 is 1.40 bits per heavy atom. The molecule has 0 heterocycles. The highest BCUT2D eigenvalue weighted by molar-refractivity contribution is 5.26. The number of nitrogens with zero attached hydrogens (tertiary/aromatic N) is 1. The van der Waals surface area contributed by atoms with Crippen LogP contribution >= 0.6 is 0 Å². The maximum absolute atomic E-state index is 13.2. The van der Waals surface area contributed by atoms with Crippen LogP contribution in [0.3, 0.4) is 0 Å². The zero-order valence-electron chi connectivity index (χ0n) is 9.42. The van der Waals surface area contributed by atoms with Gasteiger partial charge in [-0.3, -0.25) is 11.3 Å². The first-order valence-electron chi connectivity index (χ1n) is 4.91. The second-order valence-electron chi connectivity index (χ2n) is 4.04. The molecule has 0 aliphatic heterocycles. The largest absolute Gasteiger partial charge is 0.307 e. The van der Waals surface area contributed by atoms with E-state index in [0.29, 0.717) is 0 Å². The van der Waals surface area contributed by atoms with Gasteiger partial charge < -0.3 is 4.90 Å². The van der Waals surface area contributed by atoms with Crippen LogP contribution in [0.4, 0.5) is 4.39 Å². The average molecular weight is 211 g/mol. The standard InChI is InChI=1S/C11H18FN3/c1-8-4-9(6-10(12)5-8)11(14-13)7-15(2)3/h4-6,11,14H,7,13H2,1-3H3. The van der Waals surface area contributed by atoms with Gasteiger partial charge in [-0.1, -0.05) is 6.07 Å². The molecule has 0 fully saturated rings. The van der Waals surface area contributed by atoms with Crippen molar-refractivity contribution in [1.82, 2.24) is 10.3 Å². The number of hydrazine groups is 1. The van der Waals surface area contributed by atoms with Crippen molar-refractivity contribution in [3.8, 4) is 0 Å². The Morgan fingerprint density at radius 2 is 2.07 bits per heavy atom. The van der Waals surface area contributed by atoms with Gasteiger partial charge in [0.1, 0.15) is 5.82 Å². The molecule has 0 spiro atoms. The van der Waals surface area contributed by atoms with Crippen molar-refractivity contribution in [2.75, 3.05) is 20.6 Å². The molecule has 15 heavy (non-hydrogen) atoms. The Labute approximate surface area is 90.0 Å². The summed E-state index contributed by atoms with van der Waals surface area (Å²) in [6.45, 7) is 2.61. The zero-order valence-corrected chi connectivity index (χ0v) is 9.42. The monoisotopic (exact) mass is 211 g/mol. The fourth-order valence-corrected chi connectivity index (χ4v) is 1.59. The molecule has 0 saturated heterocycles. The van der Waals surface area contributed by atoms with E-state index in [0.717, 1.165) is 17.7 Å². The van der Waals surface area contributed by atoms with Crippen LogP contribution in [0.5, 0.6) is 0 Å². The fourth-order valence-electron chi connectivity index (χ4n) is 1.59. The molecule has 0 bridgehead atoms. The van der Waals surface area contributed by atoms with Gasteiger partial charge >= 0.3 is 0 Å². The van der Waals surface area contributed by atoms with Crippen LogP contribution < -0.4 is 11.3 Å². The molecule has 0 aromatic heterocycles. The minimum absolute atomic E-state index is 0.0469. The Morgan fingerprint density at radius 3 is 2.53 bits per heavy atom. The second kappa shape index (κ2) is 5.21. The van der Waals surface area contributed by atoms with E-state index >= 15 is 0 Å². The zero-order chi connectivity index (χ0) is 11.4. The van der Waals surface area contributed by atoms with Crippen molar-refractivity contribution in [2.45, 2.75) is 13.0 Å². The normalized spacial score (nSPS) is 13.2. The number of hydrogen-bond donors (Lipinski definition) is 2. The lowest BCUT2D eigenvalue weighted by molar-refractivity contribution is 0.344. The number of rotatable bonds is 4. The van der Waals surface area contributed by atoms with E-state index in [9.17, 15) is 4.39 Å². The molecule has 4 heteroatoms. The van der Waals surface area contributed by atoms with Crippen molar-refractivity contribution >= 4 is 0 Å². The SMILES string of the molecule is Cc1cc(F)cc(C(CN(C)C)NN)c1. The summed E-state index contributed by atoms with van der Waals surface area (Å²) in [6, 6.07) is 4.92. The van der Waals surface area contributed by atoms with E-state index in [4.69, 9.17) is 5.84 Å². The molecule has 3 N–H and O–H groups in total. The molecule has 1 aromatic rings. The average Bonchev–Trinajstić information content (AvgIpc) is 2.12. The highest BCUT2D eigenvalue weighted by atomic mass is 19.1. The van der Waals surface area contributed by atoms with E-state index < -0.39 is 0 Å². The summed E-state index contributed by atoms with van der Waals surface area (Å²) in [5.74, 6) is 5.24. The molecular formula is C11H18FN3. The van der Waals surface area contributed by atoms with Crippen molar-refractivity contribution in [3.05, 3.63) is 35.1 Å². The van der Waals surface area contributed by atoms with E-state index in [1.54, 1.807) is 0 Å². The van der Waals surface area contributed by atoms with Gasteiger partial charge in [0, 0.05) is 6.54 Å². The number of halogens is 1. The van der Waals surface area contributed by atoms with Gasteiger partial charge in [-0.25, -0.2) is 4.39 Å². The van der Waals surface area contributed by atoms with Gasteiger partial charge in [0.25, 0.3) is 0 Å². The first-order chi connectivity index (χ1) is 7.02. The molecule has 1 aromatic carbocycles. The molecule has 1 atom stereocenters. The summed E-state index contributed by atoms with van der Waals surface area (Å²) in [7, 11) is 3.91. The summed E-state index contributed by atoms with van der Waals surface area (Å²) < 4.78 is 13.2. The Bertz CT molecular complexity index is 305. The Balaban J connectivity index is 2.91. The predicted molar refractivity (Wildman–Crippen MR) is 59.8 cm³/mol. The first kappa shape index (κ1) is 12.1. The number of nitrogens with one attached hydrogen (secondary N) is 1. The number of aryl methyl sites for hydroxylation is 1. The Kier molecular flexibility index (Phi) is 4.20. The highest BCUT2D eigenvalue weighted by Crippen LogP contribution is 2.16. The molecule has 0 aliphatic rings. The van der Waals surface area contributed by atoms with Gasteiger partial charge in [0.05, 0.1) is 6.04 Å². The fraction of sp³-hybridized carbons (Fsp3) is 0.455. The third-order valence-electron chi connectivity index (χ3n) is 2.22. The summed E-state index contributed by atoms with van der Waals surface area (Å²) >= 11 is 0. The van der Waals surface area contributed by atoms with Gasteiger partial charge in [-0.05, 0) is 44.3 Å². The van der Waals surface area contributed by atoms with Crippen LogP contribution in [-0.2, 0) is 0 Å². The third kappa shape index (κ3) is 3.58. The smallest absolute Gasteiger partial charge is 0.123 e. The second-order valence-corrected chi connectivity index (χ2v) is 4.04. The lowest BCUT2D eigenvalue weighted by Crippen LogP contribution is -2.35. The van der Waals surface area contributed by atoms with E-state index in [1.807, 2.05) is 32.0 Å². The molecule has 1 unspecified atom stereocenters. The third-order valence-corrected chi connectivity index (χ3v) is 2.22. The van der Waals surface area contributed by atoms with Crippen molar-refractivity contribution < 1.29 is 4.39 Å². The minimum Gasteiger partial charge on any atom is -0.307 e.